The molecule has 0 radical (unpaired) electrons. The number of aliphatic carboxylic acids is 1. The van der Waals surface area contributed by atoms with Gasteiger partial charge in [0.2, 0.25) is 0 Å². The van der Waals surface area contributed by atoms with Crippen molar-refractivity contribution < 1.29 is 29.0 Å². The Morgan fingerprint density at radius 1 is 1.08 bits per heavy atom. The normalized spacial score (nSPS) is 14.4. The number of Topliss-reactive ketones (excluding diaryl/α,β-unsaturated/α-hetero) is 1. The third-order valence-corrected chi connectivity index (χ3v) is 6.59. The van der Waals surface area contributed by atoms with Crippen molar-refractivity contribution in [3.8, 4) is 11.5 Å². The number of hydrogen-bond donors (Lipinski definition) is 2. The van der Waals surface area contributed by atoms with Gasteiger partial charge in [-0.25, -0.2) is 4.79 Å². The van der Waals surface area contributed by atoms with Crippen molar-refractivity contribution in [3.05, 3.63) is 81.3 Å². The average Bonchev–Trinajstić information content (AvgIpc) is 2.88. The summed E-state index contributed by atoms with van der Waals surface area (Å²) in [5, 5.41) is 12.1. The van der Waals surface area contributed by atoms with Gasteiger partial charge in [0, 0.05) is 12.6 Å². The Morgan fingerprint density at radius 3 is 2.51 bits per heavy atom. The van der Waals surface area contributed by atoms with E-state index in [1.165, 1.54) is 24.3 Å². The van der Waals surface area contributed by atoms with Gasteiger partial charge in [-0.05, 0) is 54.4 Å². The Morgan fingerprint density at radius 2 is 1.81 bits per heavy atom. The maximum absolute atomic E-state index is 13.0. The summed E-state index contributed by atoms with van der Waals surface area (Å²) < 4.78 is 11.9. The molecule has 0 spiro atoms. The van der Waals surface area contributed by atoms with Crippen molar-refractivity contribution >= 4 is 52.2 Å². The number of ether oxygens (including phenoxy) is 2. The van der Waals surface area contributed by atoms with E-state index in [9.17, 15) is 14.4 Å². The minimum atomic E-state index is -1.59. The second-order valence-electron chi connectivity index (χ2n) is 8.43. The zero-order chi connectivity index (χ0) is 26.7. The number of hydrogen-bond acceptors (Lipinski definition) is 6. The molecular weight excluding hydrogens is 519 g/mol. The fraction of sp³-hybridized carbons (Fsp3) is 0.222. The molecule has 3 aromatic rings. The second kappa shape index (κ2) is 11.1. The molecule has 0 aromatic heterocycles. The third-order valence-electron chi connectivity index (χ3n) is 5.96. The Kier molecular flexibility index (Phi) is 7.90. The topological polar surface area (TPSA) is 105 Å². The van der Waals surface area contributed by atoms with Crippen molar-refractivity contribution in [2.45, 2.75) is 19.4 Å². The van der Waals surface area contributed by atoms with E-state index in [4.69, 9.17) is 37.8 Å². The molecule has 0 saturated carbocycles. The summed E-state index contributed by atoms with van der Waals surface area (Å²) in [6.07, 6.45) is 0.0746. The highest BCUT2D eigenvalue weighted by Crippen LogP contribution is 2.33. The van der Waals surface area contributed by atoms with Crippen LogP contribution >= 0.6 is 23.2 Å². The van der Waals surface area contributed by atoms with Crippen molar-refractivity contribution in [2.24, 2.45) is 0 Å². The highest BCUT2D eigenvalue weighted by molar-refractivity contribution is 6.41. The number of halogens is 2. The number of nitrogens with zero attached hydrogens (tertiary/aromatic N) is 1. The number of likely N-dealkylation sites (N-methyl/N-ethyl adjacent to an activating group) is 1. The number of carboxylic acids is 1. The van der Waals surface area contributed by atoms with Gasteiger partial charge in [0.15, 0.2) is 0 Å². The van der Waals surface area contributed by atoms with E-state index in [1.54, 1.807) is 13.0 Å². The molecule has 192 valence electrons. The van der Waals surface area contributed by atoms with Crippen LogP contribution in [0.15, 0.2) is 54.6 Å². The largest absolute Gasteiger partial charge is 0.490 e. The van der Waals surface area contributed by atoms with Gasteiger partial charge in [-0.15, -0.1) is 0 Å². The first-order chi connectivity index (χ1) is 17.7. The number of ketones is 1. The first-order valence-electron chi connectivity index (χ1n) is 11.5. The van der Waals surface area contributed by atoms with Crippen molar-refractivity contribution in [1.29, 1.82) is 0 Å². The molecule has 8 nitrogen and oxygen atoms in total. The zero-order valence-electron chi connectivity index (χ0n) is 20.1. The second-order valence-corrected chi connectivity index (χ2v) is 9.25. The number of para-hydroxylation sites is 2. The lowest BCUT2D eigenvalue weighted by atomic mass is 9.99. The highest BCUT2D eigenvalue weighted by atomic mass is 35.5. The van der Waals surface area contributed by atoms with Crippen molar-refractivity contribution in [1.82, 2.24) is 0 Å². The maximum atomic E-state index is 13.0. The molecule has 1 heterocycles. The van der Waals surface area contributed by atoms with Crippen molar-refractivity contribution in [3.63, 3.8) is 0 Å². The van der Waals surface area contributed by atoms with Crippen LogP contribution in [0.25, 0.3) is 0 Å². The lowest BCUT2D eigenvalue weighted by molar-refractivity contribution is -0.131. The van der Waals surface area contributed by atoms with Crippen LogP contribution in [0.5, 0.6) is 11.5 Å². The Hall–Kier alpha value is -3.75. The van der Waals surface area contributed by atoms with Gasteiger partial charge < -0.3 is 24.8 Å². The smallest absolute Gasteiger partial charge is 0.377 e. The third kappa shape index (κ3) is 5.65. The number of fused-ring (bicyclic) bond motifs is 1. The SMILES string of the molecule is CCc1c(C(=O)C(=O)O)ccc(Cl)c1NC(=O)c1ccc(OC[C@@H]2CN(C)c3ccccc3O2)cc1Cl. The first kappa shape index (κ1) is 26.3. The molecule has 2 N–H and O–H groups in total. The summed E-state index contributed by atoms with van der Waals surface area (Å²) in [5.41, 5.74) is 1.62. The Bertz CT molecular complexity index is 1380. The molecule has 10 heteroatoms. The molecule has 0 bridgehead atoms. The number of amides is 1. The van der Waals surface area contributed by atoms with Gasteiger partial charge in [0.1, 0.15) is 24.2 Å². The lowest BCUT2D eigenvalue weighted by Gasteiger charge is -2.33. The Labute approximate surface area is 223 Å². The molecule has 1 aliphatic rings. The minimum absolute atomic E-state index is 0.0391. The fourth-order valence-electron chi connectivity index (χ4n) is 4.17. The predicted octanol–water partition coefficient (Wildman–Crippen LogP) is 5.35. The molecule has 37 heavy (non-hydrogen) atoms. The fourth-order valence-corrected chi connectivity index (χ4v) is 4.65. The van der Waals surface area contributed by atoms with Gasteiger partial charge in [0.25, 0.3) is 11.7 Å². The maximum Gasteiger partial charge on any atom is 0.377 e. The summed E-state index contributed by atoms with van der Waals surface area (Å²) in [6.45, 7) is 2.65. The number of carboxylic acid groups (broad SMARTS) is 1. The number of carbonyl (C=O) groups is 3. The lowest BCUT2D eigenvalue weighted by Crippen LogP contribution is -2.41. The molecular formula is C27H24Cl2N2O6. The van der Waals surface area contributed by atoms with E-state index in [-0.39, 0.29) is 46.0 Å². The van der Waals surface area contributed by atoms with Crippen LogP contribution in [0.3, 0.4) is 0 Å². The van der Waals surface area contributed by atoms with Gasteiger partial charge in [0.05, 0.1) is 33.5 Å². The minimum Gasteiger partial charge on any atom is -0.490 e. The van der Waals surface area contributed by atoms with Gasteiger partial charge >= 0.3 is 5.97 Å². The summed E-state index contributed by atoms with van der Waals surface area (Å²) >= 11 is 12.7. The molecule has 1 atom stereocenters. The van der Waals surface area contributed by atoms with Crippen LogP contribution in [0.1, 0.15) is 33.2 Å². The van der Waals surface area contributed by atoms with Crippen LogP contribution in [0, 0.1) is 0 Å². The number of nitrogens with one attached hydrogen (secondary N) is 1. The molecule has 1 amide bonds. The summed E-state index contributed by atoms with van der Waals surface area (Å²) in [5.74, 6) is -1.99. The summed E-state index contributed by atoms with van der Waals surface area (Å²) in [7, 11) is 1.99. The van der Waals surface area contributed by atoms with E-state index in [2.05, 4.69) is 10.2 Å². The molecule has 0 unspecified atom stereocenters. The predicted molar refractivity (Wildman–Crippen MR) is 142 cm³/mol. The number of anilines is 2. The molecule has 1 aliphatic heterocycles. The monoisotopic (exact) mass is 542 g/mol. The van der Waals surface area contributed by atoms with Crippen LogP contribution in [-0.2, 0) is 11.2 Å². The van der Waals surface area contributed by atoms with Crippen molar-refractivity contribution in [2.75, 3.05) is 30.4 Å². The van der Waals surface area contributed by atoms with E-state index in [0.717, 1.165) is 11.4 Å². The highest BCUT2D eigenvalue weighted by Gasteiger charge is 2.25. The molecule has 0 fully saturated rings. The molecule has 4 rings (SSSR count). The van der Waals surface area contributed by atoms with Crippen LogP contribution in [-0.4, -0.2) is 49.1 Å². The number of carbonyl (C=O) groups excluding carboxylic acids is 2. The molecule has 0 aliphatic carbocycles. The molecule has 3 aromatic carbocycles. The standard InChI is InChI=1S/C27H24Cl2N2O6/c1-3-17-18(25(32)27(34)35)10-11-20(28)24(17)30-26(33)19-9-8-15(12-21(19)29)36-14-16-13-31(2)22-6-4-5-7-23(22)37-16/h4-12,16H,3,13-14H2,1-2H3,(H,30,33)(H,34,35)/t16-/m0/s1. The van der Waals surface area contributed by atoms with Crippen LogP contribution in [0.4, 0.5) is 11.4 Å². The Balaban J connectivity index is 1.47. The van der Waals surface area contributed by atoms with Crippen LogP contribution < -0.4 is 19.7 Å². The quantitative estimate of drug-likeness (QED) is 0.292. The van der Waals surface area contributed by atoms with Gasteiger partial charge in [-0.2, -0.15) is 0 Å². The molecule has 0 saturated heterocycles. The van der Waals surface area contributed by atoms with E-state index >= 15 is 0 Å². The van der Waals surface area contributed by atoms with E-state index in [0.29, 0.717) is 17.9 Å². The number of rotatable bonds is 8. The first-order valence-corrected chi connectivity index (χ1v) is 12.2. The average molecular weight is 543 g/mol. The van der Waals surface area contributed by atoms with Crippen LogP contribution in [0.2, 0.25) is 10.0 Å². The summed E-state index contributed by atoms with van der Waals surface area (Å²) in [6, 6.07) is 15.1. The van der Waals surface area contributed by atoms with E-state index in [1.807, 2.05) is 31.3 Å². The van der Waals surface area contributed by atoms with Gasteiger partial charge in [-0.1, -0.05) is 42.3 Å². The van der Waals surface area contributed by atoms with Gasteiger partial charge in [-0.3, -0.25) is 9.59 Å². The number of benzene rings is 3. The zero-order valence-corrected chi connectivity index (χ0v) is 21.6. The summed E-state index contributed by atoms with van der Waals surface area (Å²) in [4.78, 5) is 38.4. The van der Waals surface area contributed by atoms with E-state index < -0.39 is 17.7 Å².